The van der Waals surface area contributed by atoms with Gasteiger partial charge in [-0.05, 0) is 31.0 Å². The van der Waals surface area contributed by atoms with Gasteiger partial charge in [0.25, 0.3) is 0 Å². The van der Waals surface area contributed by atoms with Crippen LogP contribution in [0.4, 0.5) is 0 Å². The van der Waals surface area contributed by atoms with Crippen molar-refractivity contribution >= 4 is 0 Å². The molecule has 70 valence electrons. The van der Waals surface area contributed by atoms with E-state index in [1.807, 2.05) is 0 Å². The van der Waals surface area contributed by atoms with Gasteiger partial charge in [0, 0.05) is 6.54 Å². The largest absolute Gasteiger partial charge is 0.312 e. The highest BCUT2D eigenvalue weighted by atomic mass is 14.9. The number of benzene rings is 1. The molecule has 1 aromatic rings. The minimum absolute atomic E-state index is 1.05. The molecule has 13 heavy (non-hydrogen) atoms. The second-order valence-electron chi connectivity index (χ2n) is 3.20. The molecule has 0 aliphatic carbocycles. The standard InChI is InChI=1S/C10H13N.C2H4/c1-8-2-3-9-4-5-11-7-10(9)6-8;1-2/h2-3,6,11H,4-5,7H2,1H3;1-2H2. The van der Waals surface area contributed by atoms with Crippen molar-refractivity contribution in [1.82, 2.24) is 5.32 Å². The molecule has 0 atom stereocenters. The van der Waals surface area contributed by atoms with Gasteiger partial charge in [-0.1, -0.05) is 23.8 Å². The Morgan fingerprint density at radius 2 is 2.00 bits per heavy atom. The summed E-state index contributed by atoms with van der Waals surface area (Å²) < 4.78 is 0. The van der Waals surface area contributed by atoms with Gasteiger partial charge in [0.15, 0.2) is 0 Å². The van der Waals surface area contributed by atoms with Crippen molar-refractivity contribution in [2.24, 2.45) is 0 Å². The Labute approximate surface area is 80.5 Å². The van der Waals surface area contributed by atoms with Crippen LogP contribution < -0.4 is 5.32 Å². The fraction of sp³-hybridized carbons (Fsp3) is 0.333. The molecule has 0 spiro atoms. The molecule has 0 aromatic heterocycles. The van der Waals surface area contributed by atoms with Crippen LogP contribution in [-0.2, 0) is 13.0 Å². The lowest BCUT2D eigenvalue weighted by Crippen LogP contribution is -2.23. The van der Waals surface area contributed by atoms with Crippen LogP contribution in [0.15, 0.2) is 31.4 Å². The third-order valence-electron chi connectivity index (χ3n) is 2.25. The SMILES string of the molecule is C=C.Cc1ccc2c(c1)CNCC2. The van der Waals surface area contributed by atoms with Gasteiger partial charge in [0.05, 0.1) is 0 Å². The summed E-state index contributed by atoms with van der Waals surface area (Å²) in [4.78, 5) is 0. The summed E-state index contributed by atoms with van der Waals surface area (Å²) in [7, 11) is 0. The van der Waals surface area contributed by atoms with Crippen LogP contribution in [0.3, 0.4) is 0 Å². The maximum atomic E-state index is 3.37. The summed E-state index contributed by atoms with van der Waals surface area (Å²) in [5, 5.41) is 3.37. The Morgan fingerprint density at radius 1 is 1.23 bits per heavy atom. The minimum Gasteiger partial charge on any atom is -0.312 e. The smallest absolute Gasteiger partial charge is 0.0208 e. The quantitative estimate of drug-likeness (QED) is 0.597. The van der Waals surface area contributed by atoms with Crippen molar-refractivity contribution in [3.8, 4) is 0 Å². The normalized spacial score (nSPS) is 13.9. The summed E-state index contributed by atoms with van der Waals surface area (Å²) in [5.41, 5.74) is 4.37. The molecule has 1 aromatic carbocycles. The highest BCUT2D eigenvalue weighted by Crippen LogP contribution is 2.14. The first-order chi connectivity index (χ1) is 6.36. The van der Waals surface area contributed by atoms with E-state index in [1.165, 1.54) is 23.1 Å². The Balaban J connectivity index is 0.000000396. The van der Waals surface area contributed by atoms with Crippen LogP contribution >= 0.6 is 0 Å². The predicted molar refractivity (Wildman–Crippen MR) is 57.8 cm³/mol. The van der Waals surface area contributed by atoms with Gasteiger partial charge in [-0.3, -0.25) is 0 Å². The first-order valence-corrected chi connectivity index (χ1v) is 4.65. The maximum absolute atomic E-state index is 3.37. The lowest BCUT2D eigenvalue weighted by molar-refractivity contribution is 0.643. The first-order valence-electron chi connectivity index (χ1n) is 4.65. The predicted octanol–water partition coefficient (Wildman–Crippen LogP) is 2.44. The van der Waals surface area contributed by atoms with E-state index < -0.39 is 0 Å². The minimum atomic E-state index is 1.05. The highest BCUT2D eigenvalue weighted by molar-refractivity contribution is 5.32. The number of hydrogen-bond acceptors (Lipinski definition) is 1. The van der Waals surface area contributed by atoms with Gasteiger partial charge in [-0.25, -0.2) is 0 Å². The average molecular weight is 175 g/mol. The van der Waals surface area contributed by atoms with Crippen molar-refractivity contribution in [1.29, 1.82) is 0 Å². The summed E-state index contributed by atoms with van der Waals surface area (Å²) >= 11 is 0. The second-order valence-corrected chi connectivity index (χ2v) is 3.20. The lowest BCUT2D eigenvalue weighted by atomic mass is 9.99. The zero-order valence-corrected chi connectivity index (χ0v) is 8.27. The zero-order valence-electron chi connectivity index (χ0n) is 8.27. The molecular weight excluding hydrogens is 158 g/mol. The van der Waals surface area contributed by atoms with Crippen LogP contribution in [-0.4, -0.2) is 6.54 Å². The van der Waals surface area contributed by atoms with Gasteiger partial charge in [-0.15, -0.1) is 13.2 Å². The molecule has 0 saturated heterocycles. The fourth-order valence-corrected chi connectivity index (χ4v) is 1.61. The number of fused-ring (bicyclic) bond motifs is 1. The summed E-state index contributed by atoms with van der Waals surface area (Å²) in [5.74, 6) is 0. The molecule has 0 unspecified atom stereocenters. The van der Waals surface area contributed by atoms with Gasteiger partial charge in [0.2, 0.25) is 0 Å². The van der Waals surface area contributed by atoms with E-state index in [9.17, 15) is 0 Å². The van der Waals surface area contributed by atoms with Crippen LogP contribution in [0.1, 0.15) is 16.7 Å². The van der Waals surface area contributed by atoms with E-state index in [4.69, 9.17) is 0 Å². The summed E-state index contributed by atoms with van der Waals surface area (Å²) in [6.45, 7) is 10.3. The summed E-state index contributed by atoms with van der Waals surface area (Å²) in [6, 6.07) is 6.73. The van der Waals surface area contributed by atoms with Crippen molar-refractivity contribution in [2.45, 2.75) is 19.9 Å². The molecule has 1 heteroatoms. The number of rotatable bonds is 0. The third kappa shape index (κ3) is 2.43. The summed E-state index contributed by atoms with van der Waals surface area (Å²) in [6.07, 6.45) is 1.19. The molecule has 1 heterocycles. The Bertz CT molecular complexity index is 278. The van der Waals surface area contributed by atoms with E-state index in [1.54, 1.807) is 0 Å². The molecule has 0 radical (unpaired) electrons. The van der Waals surface area contributed by atoms with Gasteiger partial charge >= 0.3 is 0 Å². The van der Waals surface area contributed by atoms with Crippen LogP contribution in [0, 0.1) is 6.92 Å². The van der Waals surface area contributed by atoms with Crippen LogP contribution in [0.25, 0.3) is 0 Å². The van der Waals surface area contributed by atoms with E-state index in [-0.39, 0.29) is 0 Å². The Hall–Kier alpha value is -1.08. The molecule has 1 aliphatic rings. The molecule has 2 rings (SSSR count). The van der Waals surface area contributed by atoms with E-state index >= 15 is 0 Å². The molecule has 1 aliphatic heterocycles. The van der Waals surface area contributed by atoms with Gasteiger partial charge in [0.1, 0.15) is 0 Å². The van der Waals surface area contributed by atoms with Crippen LogP contribution in [0.2, 0.25) is 0 Å². The molecule has 0 saturated carbocycles. The lowest BCUT2D eigenvalue weighted by Gasteiger charge is -2.16. The highest BCUT2D eigenvalue weighted by Gasteiger charge is 2.06. The van der Waals surface area contributed by atoms with Gasteiger partial charge in [-0.2, -0.15) is 0 Å². The van der Waals surface area contributed by atoms with E-state index in [0.717, 1.165) is 13.1 Å². The molecular formula is C12H17N. The van der Waals surface area contributed by atoms with E-state index in [0.29, 0.717) is 0 Å². The zero-order chi connectivity index (χ0) is 9.68. The molecule has 1 N–H and O–H groups in total. The molecule has 0 fully saturated rings. The topological polar surface area (TPSA) is 12.0 Å². The molecule has 0 bridgehead atoms. The van der Waals surface area contributed by atoms with Crippen molar-refractivity contribution in [3.05, 3.63) is 48.0 Å². The monoisotopic (exact) mass is 175 g/mol. The van der Waals surface area contributed by atoms with Crippen LogP contribution in [0.5, 0.6) is 0 Å². The number of hydrogen-bond donors (Lipinski definition) is 1. The number of nitrogens with one attached hydrogen (secondary N) is 1. The molecule has 1 nitrogen and oxygen atoms in total. The van der Waals surface area contributed by atoms with E-state index in [2.05, 4.69) is 43.6 Å². The second kappa shape index (κ2) is 4.83. The van der Waals surface area contributed by atoms with Crippen molar-refractivity contribution in [3.63, 3.8) is 0 Å². The van der Waals surface area contributed by atoms with Gasteiger partial charge < -0.3 is 5.32 Å². The number of aryl methyl sites for hydroxylation is 1. The Morgan fingerprint density at radius 3 is 2.77 bits per heavy atom. The fourth-order valence-electron chi connectivity index (χ4n) is 1.61. The van der Waals surface area contributed by atoms with Crippen molar-refractivity contribution in [2.75, 3.05) is 6.54 Å². The molecule has 0 amide bonds. The van der Waals surface area contributed by atoms with Crippen molar-refractivity contribution < 1.29 is 0 Å². The first kappa shape index (κ1) is 10.0. The third-order valence-corrected chi connectivity index (χ3v) is 2.25. The maximum Gasteiger partial charge on any atom is 0.0208 e. The Kier molecular flexibility index (Phi) is 3.71. The average Bonchev–Trinajstić information content (AvgIpc) is 2.21.